The minimum Gasteiger partial charge on any atom is -0.497 e. The smallest absolute Gasteiger partial charge is 0.300 e. The van der Waals surface area contributed by atoms with Crippen molar-refractivity contribution >= 4 is 5.69 Å². The second-order valence-electron chi connectivity index (χ2n) is 6.73. The van der Waals surface area contributed by atoms with Crippen molar-refractivity contribution in [1.29, 1.82) is 0 Å². The molecule has 1 aliphatic carbocycles. The zero-order valence-electron chi connectivity index (χ0n) is 14.3. The van der Waals surface area contributed by atoms with E-state index in [1.54, 1.807) is 7.11 Å². The predicted molar refractivity (Wildman–Crippen MR) is 99.1 cm³/mol. The molecule has 6 heteroatoms. The Labute approximate surface area is 150 Å². The molecule has 1 fully saturated rings. The molecule has 1 atom stereocenters. The number of hydrogen-bond acceptors (Lipinski definition) is 5. The van der Waals surface area contributed by atoms with E-state index in [0.29, 0.717) is 17.4 Å². The van der Waals surface area contributed by atoms with Crippen LogP contribution in [0, 0.1) is 5.92 Å². The summed E-state index contributed by atoms with van der Waals surface area (Å²) in [6, 6.07) is 15.3. The standard InChI is InChI=1S/C20H18N4O2/c1-26-14-10-8-12(9-11-14)17-20(25)22-19-15-4-2-3-5-16(15)21-18(13-6-7-13)24(19)23-17/h2-5,8-11,13,18,21H,6-7H2,1H3/t18-/m0/s1. The third-order valence-corrected chi connectivity index (χ3v) is 5.00. The quantitative estimate of drug-likeness (QED) is 0.788. The molecule has 3 aromatic rings. The van der Waals surface area contributed by atoms with Gasteiger partial charge in [-0.05, 0) is 55.2 Å². The Bertz CT molecular complexity index is 1040. The number of nitrogens with one attached hydrogen (secondary N) is 1. The topological polar surface area (TPSA) is 69.0 Å². The molecule has 1 saturated carbocycles. The summed E-state index contributed by atoms with van der Waals surface area (Å²) in [6.07, 6.45) is 2.35. The number of benzene rings is 2. The summed E-state index contributed by atoms with van der Waals surface area (Å²) in [5.41, 5.74) is 2.72. The van der Waals surface area contributed by atoms with Crippen molar-refractivity contribution in [2.24, 2.45) is 5.92 Å². The molecular weight excluding hydrogens is 328 g/mol. The number of para-hydroxylation sites is 1. The average Bonchev–Trinajstić information content (AvgIpc) is 3.52. The van der Waals surface area contributed by atoms with Gasteiger partial charge in [0.05, 0.1) is 7.11 Å². The molecule has 26 heavy (non-hydrogen) atoms. The van der Waals surface area contributed by atoms with Crippen molar-refractivity contribution in [1.82, 2.24) is 14.8 Å². The zero-order valence-corrected chi connectivity index (χ0v) is 14.3. The second kappa shape index (κ2) is 5.69. The number of rotatable bonds is 3. The van der Waals surface area contributed by atoms with Crippen LogP contribution in [0.5, 0.6) is 5.75 Å². The summed E-state index contributed by atoms with van der Waals surface area (Å²) >= 11 is 0. The van der Waals surface area contributed by atoms with E-state index in [4.69, 9.17) is 9.84 Å². The monoisotopic (exact) mass is 346 g/mol. The minimum absolute atomic E-state index is 0.0324. The summed E-state index contributed by atoms with van der Waals surface area (Å²) in [5.74, 6) is 1.90. The molecule has 2 heterocycles. The molecule has 1 N–H and O–H groups in total. The van der Waals surface area contributed by atoms with Gasteiger partial charge in [0.1, 0.15) is 11.9 Å². The van der Waals surface area contributed by atoms with Crippen LogP contribution >= 0.6 is 0 Å². The van der Waals surface area contributed by atoms with Crippen LogP contribution in [-0.2, 0) is 0 Å². The summed E-state index contributed by atoms with van der Waals surface area (Å²) in [5, 5.41) is 8.29. The van der Waals surface area contributed by atoms with Crippen LogP contribution in [0.4, 0.5) is 5.69 Å². The molecule has 1 aliphatic heterocycles. The third-order valence-electron chi connectivity index (χ3n) is 5.00. The Morgan fingerprint density at radius 2 is 1.88 bits per heavy atom. The average molecular weight is 346 g/mol. The third kappa shape index (κ3) is 2.37. The highest BCUT2D eigenvalue weighted by atomic mass is 16.5. The molecule has 0 saturated heterocycles. The van der Waals surface area contributed by atoms with Gasteiger partial charge in [-0.3, -0.25) is 4.79 Å². The SMILES string of the molecule is COc1ccc(-c2nn3c(nc2=O)-c2ccccc2N[C@@H]3C2CC2)cc1. The first-order chi connectivity index (χ1) is 12.7. The molecule has 130 valence electrons. The van der Waals surface area contributed by atoms with Gasteiger partial charge < -0.3 is 10.1 Å². The van der Waals surface area contributed by atoms with Gasteiger partial charge >= 0.3 is 0 Å². The molecule has 0 unspecified atom stereocenters. The highest BCUT2D eigenvalue weighted by Gasteiger charge is 2.38. The lowest BCUT2D eigenvalue weighted by atomic mass is 10.1. The zero-order chi connectivity index (χ0) is 17.7. The van der Waals surface area contributed by atoms with Gasteiger partial charge in [-0.15, -0.1) is 0 Å². The Morgan fingerprint density at radius 3 is 2.62 bits per heavy atom. The minimum atomic E-state index is -0.312. The number of ether oxygens (including phenoxy) is 1. The lowest BCUT2D eigenvalue weighted by molar-refractivity contribution is 0.415. The number of anilines is 1. The maximum Gasteiger partial charge on any atom is 0.300 e. The highest BCUT2D eigenvalue weighted by Crippen LogP contribution is 2.45. The molecule has 2 aromatic carbocycles. The maximum atomic E-state index is 12.7. The maximum absolute atomic E-state index is 12.7. The van der Waals surface area contributed by atoms with Gasteiger partial charge in [-0.2, -0.15) is 10.1 Å². The lowest BCUT2D eigenvalue weighted by Crippen LogP contribution is -2.32. The van der Waals surface area contributed by atoms with Crippen LogP contribution in [0.15, 0.2) is 53.3 Å². The summed E-state index contributed by atoms with van der Waals surface area (Å²) in [6.45, 7) is 0. The molecule has 6 nitrogen and oxygen atoms in total. The van der Waals surface area contributed by atoms with Crippen LogP contribution in [0.25, 0.3) is 22.6 Å². The fourth-order valence-electron chi connectivity index (χ4n) is 3.46. The summed E-state index contributed by atoms with van der Waals surface area (Å²) in [7, 11) is 1.62. The Hall–Kier alpha value is -3.15. The van der Waals surface area contributed by atoms with Crippen molar-refractivity contribution < 1.29 is 4.74 Å². The molecular formula is C20H18N4O2. The van der Waals surface area contributed by atoms with Crippen molar-refractivity contribution in [2.45, 2.75) is 19.0 Å². The van der Waals surface area contributed by atoms with Crippen LogP contribution in [0.2, 0.25) is 0 Å². The predicted octanol–water partition coefficient (Wildman–Crippen LogP) is 3.32. The first-order valence-electron chi connectivity index (χ1n) is 8.76. The van der Waals surface area contributed by atoms with E-state index in [0.717, 1.165) is 35.4 Å². The van der Waals surface area contributed by atoms with Crippen molar-refractivity contribution in [3.8, 4) is 28.4 Å². The molecule has 2 aliphatic rings. The fourth-order valence-corrected chi connectivity index (χ4v) is 3.46. The van der Waals surface area contributed by atoms with Gasteiger partial charge in [0.15, 0.2) is 11.5 Å². The van der Waals surface area contributed by atoms with Crippen molar-refractivity contribution in [2.75, 3.05) is 12.4 Å². The normalized spacial score (nSPS) is 17.8. The van der Waals surface area contributed by atoms with E-state index >= 15 is 0 Å². The van der Waals surface area contributed by atoms with Crippen LogP contribution in [-0.4, -0.2) is 21.9 Å². The van der Waals surface area contributed by atoms with Crippen molar-refractivity contribution in [3.63, 3.8) is 0 Å². The number of methoxy groups -OCH3 is 1. The largest absolute Gasteiger partial charge is 0.497 e. The first-order valence-corrected chi connectivity index (χ1v) is 8.76. The van der Waals surface area contributed by atoms with Gasteiger partial charge in [0.25, 0.3) is 5.56 Å². The number of nitrogens with zero attached hydrogens (tertiary/aromatic N) is 3. The van der Waals surface area contributed by atoms with Gasteiger partial charge in [-0.1, -0.05) is 12.1 Å². The molecule has 1 aromatic heterocycles. The van der Waals surface area contributed by atoms with Crippen LogP contribution < -0.4 is 15.6 Å². The second-order valence-corrected chi connectivity index (χ2v) is 6.73. The molecule has 0 bridgehead atoms. The van der Waals surface area contributed by atoms with E-state index in [1.807, 2.05) is 53.2 Å². The van der Waals surface area contributed by atoms with E-state index in [-0.39, 0.29) is 11.7 Å². The Kier molecular flexibility index (Phi) is 3.31. The molecule has 0 spiro atoms. The van der Waals surface area contributed by atoms with Gasteiger partial charge in [0.2, 0.25) is 0 Å². The lowest BCUT2D eigenvalue weighted by Gasteiger charge is -2.30. The number of hydrogen-bond donors (Lipinski definition) is 1. The Morgan fingerprint density at radius 1 is 1.12 bits per heavy atom. The first kappa shape index (κ1) is 15.1. The summed E-state index contributed by atoms with van der Waals surface area (Å²) in [4.78, 5) is 17.1. The van der Waals surface area contributed by atoms with E-state index in [9.17, 15) is 4.79 Å². The van der Waals surface area contributed by atoms with Crippen LogP contribution in [0.3, 0.4) is 0 Å². The van der Waals surface area contributed by atoms with E-state index in [1.165, 1.54) is 0 Å². The van der Waals surface area contributed by atoms with E-state index < -0.39 is 0 Å². The van der Waals surface area contributed by atoms with Crippen molar-refractivity contribution in [3.05, 3.63) is 58.9 Å². The van der Waals surface area contributed by atoms with Gasteiger partial charge in [0, 0.05) is 16.8 Å². The molecule has 0 amide bonds. The van der Waals surface area contributed by atoms with Crippen LogP contribution in [0.1, 0.15) is 19.0 Å². The Balaban J connectivity index is 1.69. The van der Waals surface area contributed by atoms with Gasteiger partial charge in [-0.25, -0.2) is 4.68 Å². The molecule has 0 radical (unpaired) electrons. The number of fused-ring (bicyclic) bond motifs is 3. The molecule has 5 rings (SSSR count). The van der Waals surface area contributed by atoms with E-state index in [2.05, 4.69) is 10.3 Å². The summed E-state index contributed by atoms with van der Waals surface area (Å²) < 4.78 is 7.08. The highest BCUT2D eigenvalue weighted by molar-refractivity contribution is 5.76. The fraction of sp³-hybridized carbons (Fsp3) is 0.250. The number of aromatic nitrogens is 3.